The van der Waals surface area contributed by atoms with Gasteiger partial charge in [0.25, 0.3) is 0 Å². The molecule has 0 radical (unpaired) electrons. The zero-order valence-corrected chi connectivity index (χ0v) is 10.3. The Kier molecular flexibility index (Phi) is 2.65. The van der Waals surface area contributed by atoms with Crippen LogP contribution in [0.25, 0.3) is 0 Å². The van der Waals surface area contributed by atoms with E-state index in [1.165, 1.54) is 13.2 Å². The summed E-state index contributed by atoms with van der Waals surface area (Å²) in [6.07, 6.45) is 1.66. The first-order valence-electron chi connectivity index (χ1n) is 5.64. The van der Waals surface area contributed by atoms with Crippen LogP contribution >= 0.6 is 0 Å². The average Bonchev–Trinajstić information content (AvgIpc) is 2.95. The number of halogens is 2. The third-order valence-electron chi connectivity index (χ3n) is 3.71. The van der Waals surface area contributed by atoms with Gasteiger partial charge in [0, 0.05) is 22.6 Å². The van der Waals surface area contributed by atoms with Crippen LogP contribution in [0.3, 0.4) is 0 Å². The number of rotatable bonds is 3. The highest BCUT2D eigenvalue weighted by Gasteiger charge is 2.55. The molecular formula is C13H17F2NO. The van der Waals surface area contributed by atoms with Crippen LogP contribution in [0.2, 0.25) is 0 Å². The largest absolute Gasteiger partial charge is 0.493 e. The molecule has 2 nitrogen and oxygen atoms in total. The number of methoxy groups -OCH3 is 1. The molecule has 1 aromatic rings. The molecule has 0 bridgehead atoms. The molecule has 1 saturated carbocycles. The van der Waals surface area contributed by atoms with Crippen LogP contribution in [0.15, 0.2) is 12.1 Å². The van der Waals surface area contributed by atoms with E-state index in [0.29, 0.717) is 5.56 Å². The Balaban J connectivity index is 2.60. The summed E-state index contributed by atoms with van der Waals surface area (Å²) in [5, 5.41) is 0. The van der Waals surface area contributed by atoms with Crippen molar-refractivity contribution in [1.29, 1.82) is 0 Å². The molecule has 0 unspecified atom stereocenters. The number of benzene rings is 1. The Bertz CT molecular complexity index is 447. The second-order valence-corrected chi connectivity index (χ2v) is 5.27. The van der Waals surface area contributed by atoms with Crippen molar-refractivity contribution < 1.29 is 13.5 Å². The van der Waals surface area contributed by atoms with Gasteiger partial charge in [-0.3, -0.25) is 0 Å². The minimum absolute atomic E-state index is 0.113. The van der Waals surface area contributed by atoms with E-state index in [9.17, 15) is 8.78 Å². The topological polar surface area (TPSA) is 35.2 Å². The van der Waals surface area contributed by atoms with Crippen LogP contribution in [0.5, 0.6) is 5.75 Å². The number of hydrogen-bond acceptors (Lipinski definition) is 2. The lowest BCUT2D eigenvalue weighted by atomic mass is 9.78. The minimum Gasteiger partial charge on any atom is -0.493 e. The van der Waals surface area contributed by atoms with Crippen molar-refractivity contribution in [2.75, 3.05) is 7.11 Å². The van der Waals surface area contributed by atoms with Crippen molar-refractivity contribution in [3.05, 3.63) is 29.3 Å². The smallest absolute Gasteiger partial charge is 0.168 e. The van der Waals surface area contributed by atoms with Crippen molar-refractivity contribution >= 4 is 0 Å². The first kappa shape index (κ1) is 12.3. The molecule has 1 aliphatic rings. The summed E-state index contributed by atoms with van der Waals surface area (Å²) in [7, 11) is 1.39. The predicted octanol–water partition coefficient (Wildman–Crippen LogP) is 2.74. The summed E-state index contributed by atoms with van der Waals surface area (Å²) in [5.74, 6) is -1.14. The van der Waals surface area contributed by atoms with Gasteiger partial charge in [-0.05, 0) is 32.8 Å². The van der Waals surface area contributed by atoms with Crippen molar-refractivity contribution in [3.63, 3.8) is 0 Å². The summed E-state index contributed by atoms with van der Waals surface area (Å²) in [5.41, 5.74) is 5.78. The lowest BCUT2D eigenvalue weighted by molar-refractivity contribution is 0.342. The van der Waals surface area contributed by atoms with Crippen LogP contribution in [0.4, 0.5) is 8.78 Å². The molecule has 4 heteroatoms. The Morgan fingerprint density at radius 3 is 2.29 bits per heavy atom. The van der Waals surface area contributed by atoms with Gasteiger partial charge in [0.05, 0.1) is 7.11 Å². The molecule has 1 fully saturated rings. The molecule has 0 heterocycles. The highest BCUT2D eigenvalue weighted by atomic mass is 19.1. The summed E-state index contributed by atoms with van der Waals surface area (Å²) in [4.78, 5) is 0. The van der Waals surface area contributed by atoms with Gasteiger partial charge >= 0.3 is 0 Å². The number of hydrogen-bond donors (Lipinski definition) is 1. The molecule has 1 aromatic carbocycles. The highest BCUT2D eigenvalue weighted by Crippen LogP contribution is 2.57. The Morgan fingerprint density at radius 2 is 1.88 bits per heavy atom. The quantitative estimate of drug-likeness (QED) is 0.883. The lowest BCUT2D eigenvalue weighted by Crippen LogP contribution is -2.45. The standard InChI is InChI=1S/C13H17F2NO/c1-12(2,16)13(4-5-13)9-6-8(14)7-10(15)11(9)17-3/h6-7H,4-5,16H2,1-3H3. The van der Waals surface area contributed by atoms with E-state index in [1.54, 1.807) is 0 Å². The molecule has 0 spiro atoms. The van der Waals surface area contributed by atoms with Crippen LogP contribution < -0.4 is 10.5 Å². The van der Waals surface area contributed by atoms with Gasteiger partial charge in [0.15, 0.2) is 11.6 Å². The van der Waals surface area contributed by atoms with E-state index in [4.69, 9.17) is 10.5 Å². The van der Waals surface area contributed by atoms with Gasteiger partial charge < -0.3 is 10.5 Å². The van der Waals surface area contributed by atoms with E-state index < -0.39 is 17.2 Å². The minimum atomic E-state index is -0.668. The maximum atomic E-state index is 13.7. The van der Waals surface area contributed by atoms with Gasteiger partial charge in [-0.2, -0.15) is 0 Å². The molecule has 2 rings (SSSR count). The molecule has 94 valence electrons. The Hall–Kier alpha value is -1.16. The Labute approximate surface area is 99.8 Å². The predicted molar refractivity (Wildman–Crippen MR) is 62.1 cm³/mol. The monoisotopic (exact) mass is 241 g/mol. The molecule has 0 amide bonds. The molecule has 2 N–H and O–H groups in total. The van der Waals surface area contributed by atoms with E-state index in [2.05, 4.69) is 0 Å². The maximum Gasteiger partial charge on any atom is 0.168 e. The summed E-state index contributed by atoms with van der Waals surface area (Å²) < 4.78 is 32.1. The number of nitrogens with two attached hydrogens (primary N) is 1. The summed E-state index contributed by atoms with van der Waals surface area (Å²) >= 11 is 0. The van der Waals surface area contributed by atoms with Crippen LogP contribution in [-0.2, 0) is 5.41 Å². The summed E-state index contributed by atoms with van der Waals surface area (Å²) in [6, 6.07) is 2.17. The van der Waals surface area contributed by atoms with Crippen molar-refractivity contribution in [1.82, 2.24) is 0 Å². The third-order valence-corrected chi connectivity index (χ3v) is 3.71. The molecule has 0 atom stereocenters. The molecule has 0 saturated heterocycles. The van der Waals surface area contributed by atoms with Gasteiger partial charge in [0.1, 0.15) is 5.82 Å². The fraction of sp³-hybridized carbons (Fsp3) is 0.538. The van der Waals surface area contributed by atoms with E-state index >= 15 is 0 Å². The molecule has 17 heavy (non-hydrogen) atoms. The SMILES string of the molecule is COc1c(F)cc(F)cc1C1(C(C)(C)N)CC1. The highest BCUT2D eigenvalue weighted by molar-refractivity contribution is 5.47. The van der Waals surface area contributed by atoms with Crippen molar-refractivity contribution in [2.45, 2.75) is 37.6 Å². The lowest BCUT2D eigenvalue weighted by Gasteiger charge is -2.32. The van der Waals surface area contributed by atoms with Gasteiger partial charge in [0.2, 0.25) is 0 Å². The second-order valence-electron chi connectivity index (χ2n) is 5.27. The van der Waals surface area contributed by atoms with Gasteiger partial charge in [-0.1, -0.05) is 0 Å². The zero-order chi connectivity index (χ0) is 12.8. The fourth-order valence-electron chi connectivity index (χ4n) is 2.51. The average molecular weight is 241 g/mol. The number of ether oxygens (including phenoxy) is 1. The summed E-state index contributed by atoms with van der Waals surface area (Å²) in [6.45, 7) is 3.75. The molecule has 1 aliphatic carbocycles. The molecular weight excluding hydrogens is 224 g/mol. The van der Waals surface area contributed by atoms with Crippen molar-refractivity contribution in [3.8, 4) is 5.75 Å². The van der Waals surface area contributed by atoms with E-state index in [0.717, 1.165) is 18.9 Å². The Morgan fingerprint density at radius 1 is 1.29 bits per heavy atom. The van der Waals surface area contributed by atoms with Crippen LogP contribution in [0.1, 0.15) is 32.3 Å². The van der Waals surface area contributed by atoms with E-state index in [1.807, 2.05) is 13.8 Å². The van der Waals surface area contributed by atoms with Gasteiger partial charge in [-0.15, -0.1) is 0 Å². The van der Waals surface area contributed by atoms with Crippen LogP contribution in [0, 0.1) is 11.6 Å². The normalized spacial score (nSPS) is 18.0. The first-order chi connectivity index (χ1) is 7.82. The zero-order valence-electron chi connectivity index (χ0n) is 10.3. The maximum absolute atomic E-state index is 13.7. The second kappa shape index (κ2) is 3.67. The molecule has 0 aromatic heterocycles. The third kappa shape index (κ3) is 1.80. The van der Waals surface area contributed by atoms with Gasteiger partial charge in [-0.25, -0.2) is 8.78 Å². The first-order valence-corrected chi connectivity index (χ1v) is 5.64. The van der Waals surface area contributed by atoms with E-state index in [-0.39, 0.29) is 11.2 Å². The van der Waals surface area contributed by atoms with Crippen LogP contribution in [-0.4, -0.2) is 12.6 Å². The molecule has 0 aliphatic heterocycles. The van der Waals surface area contributed by atoms with Crippen molar-refractivity contribution in [2.24, 2.45) is 5.73 Å². The fourth-order valence-corrected chi connectivity index (χ4v) is 2.51.